The molecule has 2 amide bonds. The normalized spacial score (nSPS) is 14.5. The number of para-hydroxylation sites is 1. The third kappa shape index (κ3) is 3.36. The van der Waals surface area contributed by atoms with Crippen molar-refractivity contribution in [2.24, 2.45) is 0 Å². The van der Waals surface area contributed by atoms with Gasteiger partial charge in [-0.2, -0.15) is 0 Å². The summed E-state index contributed by atoms with van der Waals surface area (Å²) in [7, 11) is 0. The van der Waals surface area contributed by atoms with E-state index < -0.39 is 12.3 Å². The molecule has 0 radical (unpaired) electrons. The molecule has 0 saturated carbocycles. The summed E-state index contributed by atoms with van der Waals surface area (Å²) in [5.41, 5.74) is 0.0807. The van der Waals surface area contributed by atoms with E-state index in [2.05, 4.69) is 30.3 Å². The third-order valence-electron chi connectivity index (χ3n) is 3.24. The molecule has 0 bridgehead atoms. The van der Waals surface area contributed by atoms with Crippen LogP contribution in [0.1, 0.15) is 19.2 Å². The number of hydrogen-bond acceptors (Lipinski definition) is 5. The Hall–Kier alpha value is -2.91. The molecule has 8 nitrogen and oxygen atoms in total. The van der Waals surface area contributed by atoms with Crippen molar-refractivity contribution in [1.29, 1.82) is 0 Å². The van der Waals surface area contributed by atoms with Crippen LogP contribution < -0.4 is 20.1 Å². The molecule has 2 aromatic rings. The first-order valence-corrected chi connectivity index (χ1v) is 7.29. The molecule has 3 rings (SSSR count). The maximum Gasteiger partial charge on any atom is 0.586 e. The van der Waals surface area contributed by atoms with Crippen LogP contribution in [0.4, 0.5) is 19.3 Å². The van der Waals surface area contributed by atoms with Gasteiger partial charge in [0.25, 0.3) is 0 Å². The molecular formula is C14H15F2N5O3. The number of amides is 2. The van der Waals surface area contributed by atoms with Crippen molar-refractivity contribution >= 4 is 11.7 Å². The Morgan fingerprint density at radius 2 is 2.21 bits per heavy atom. The minimum atomic E-state index is -3.74. The largest absolute Gasteiger partial charge is 0.586 e. The number of aromatic nitrogens is 3. The number of nitrogens with zero attached hydrogens (tertiary/aromatic N) is 3. The van der Waals surface area contributed by atoms with E-state index in [0.29, 0.717) is 5.82 Å². The molecule has 0 unspecified atom stereocenters. The zero-order chi connectivity index (χ0) is 17.2. The van der Waals surface area contributed by atoms with E-state index in [0.717, 1.165) is 13.0 Å². The molecule has 24 heavy (non-hydrogen) atoms. The van der Waals surface area contributed by atoms with Crippen LogP contribution in [0.5, 0.6) is 11.5 Å². The average molecular weight is 339 g/mol. The van der Waals surface area contributed by atoms with Gasteiger partial charge in [-0.25, -0.2) is 4.79 Å². The summed E-state index contributed by atoms with van der Waals surface area (Å²) in [6.07, 6.45) is -1.26. The second-order valence-electron chi connectivity index (χ2n) is 5.05. The van der Waals surface area contributed by atoms with Crippen LogP contribution in [-0.4, -0.2) is 27.1 Å². The summed E-state index contributed by atoms with van der Waals surface area (Å²) in [4.78, 5) is 12.0. The Kier molecular flexibility index (Phi) is 4.19. The van der Waals surface area contributed by atoms with E-state index in [1.807, 2.05) is 11.5 Å². The summed E-state index contributed by atoms with van der Waals surface area (Å²) in [6, 6.07) is 3.64. The molecular weight excluding hydrogens is 324 g/mol. The first kappa shape index (κ1) is 16.0. The molecule has 0 atom stereocenters. The number of carbonyl (C=O) groups is 1. The standard InChI is InChI=1S/C14H15F2N5O3/c1-2-6-21-8-18-20-11(21)7-17-13(22)19-9-4-3-5-10-12(9)24-14(15,16)23-10/h3-5,8H,2,6-7H2,1H3,(H2,17,19,22). The topological polar surface area (TPSA) is 90.3 Å². The van der Waals surface area contributed by atoms with Gasteiger partial charge in [-0.3, -0.25) is 0 Å². The number of ether oxygens (including phenoxy) is 2. The van der Waals surface area contributed by atoms with Crippen molar-refractivity contribution in [3.63, 3.8) is 0 Å². The van der Waals surface area contributed by atoms with Gasteiger partial charge in [0, 0.05) is 6.54 Å². The fraction of sp³-hybridized carbons (Fsp3) is 0.357. The van der Waals surface area contributed by atoms with Gasteiger partial charge in [0.15, 0.2) is 17.3 Å². The highest BCUT2D eigenvalue weighted by Crippen LogP contribution is 2.45. The lowest BCUT2D eigenvalue weighted by Crippen LogP contribution is -2.30. The van der Waals surface area contributed by atoms with Crippen molar-refractivity contribution < 1.29 is 23.0 Å². The first-order chi connectivity index (χ1) is 11.5. The summed E-state index contributed by atoms with van der Waals surface area (Å²) in [6.45, 7) is 2.89. The monoisotopic (exact) mass is 339 g/mol. The van der Waals surface area contributed by atoms with E-state index in [1.165, 1.54) is 18.2 Å². The molecule has 0 aliphatic carbocycles. The zero-order valence-corrected chi connectivity index (χ0v) is 12.8. The number of urea groups is 1. The number of carbonyl (C=O) groups excluding carboxylic acids is 1. The molecule has 1 aliphatic heterocycles. The average Bonchev–Trinajstić information content (AvgIpc) is 3.08. The second kappa shape index (κ2) is 6.30. The molecule has 0 spiro atoms. The number of anilines is 1. The summed E-state index contributed by atoms with van der Waals surface area (Å²) >= 11 is 0. The predicted molar refractivity (Wildman–Crippen MR) is 78.8 cm³/mol. The van der Waals surface area contributed by atoms with Crippen molar-refractivity contribution in [3.05, 3.63) is 30.4 Å². The molecule has 2 heterocycles. The fourth-order valence-corrected chi connectivity index (χ4v) is 2.24. The van der Waals surface area contributed by atoms with Gasteiger partial charge in [0.2, 0.25) is 0 Å². The molecule has 1 aromatic carbocycles. The van der Waals surface area contributed by atoms with E-state index in [-0.39, 0.29) is 23.7 Å². The number of halogens is 2. The van der Waals surface area contributed by atoms with E-state index in [9.17, 15) is 13.6 Å². The fourth-order valence-electron chi connectivity index (χ4n) is 2.24. The van der Waals surface area contributed by atoms with Gasteiger partial charge in [0.05, 0.1) is 12.2 Å². The smallest absolute Gasteiger partial charge is 0.395 e. The molecule has 1 aromatic heterocycles. The Morgan fingerprint density at radius 1 is 1.38 bits per heavy atom. The van der Waals surface area contributed by atoms with Crippen molar-refractivity contribution in [3.8, 4) is 11.5 Å². The second-order valence-corrected chi connectivity index (χ2v) is 5.05. The summed E-state index contributed by atoms with van der Waals surface area (Å²) < 4.78 is 36.8. The van der Waals surface area contributed by atoms with Crippen LogP contribution in [0.25, 0.3) is 0 Å². The van der Waals surface area contributed by atoms with Gasteiger partial charge in [-0.05, 0) is 18.6 Å². The highest BCUT2D eigenvalue weighted by atomic mass is 19.3. The van der Waals surface area contributed by atoms with E-state index in [1.54, 1.807) is 6.33 Å². The lowest BCUT2D eigenvalue weighted by Gasteiger charge is -2.10. The lowest BCUT2D eigenvalue weighted by atomic mass is 10.3. The first-order valence-electron chi connectivity index (χ1n) is 7.29. The van der Waals surface area contributed by atoms with Crippen molar-refractivity contribution in [2.45, 2.75) is 32.7 Å². The van der Waals surface area contributed by atoms with Crippen LogP contribution in [0, 0.1) is 0 Å². The van der Waals surface area contributed by atoms with Gasteiger partial charge in [-0.1, -0.05) is 13.0 Å². The maximum absolute atomic E-state index is 13.1. The molecule has 0 saturated heterocycles. The Bertz CT molecular complexity index is 750. The number of aryl methyl sites for hydroxylation is 1. The number of benzene rings is 1. The molecule has 10 heteroatoms. The zero-order valence-electron chi connectivity index (χ0n) is 12.8. The Morgan fingerprint density at radius 3 is 3.00 bits per heavy atom. The quantitative estimate of drug-likeness (QED) is 0.872. The Balaban J connectivity index is 1.62. The maximum atomic E-state index is 13.1. The number of fused-ring (bicyclic) bond motifs is 1. The SMILES string of the molecule is CCCn1cnnc1CNC(=O)Nc1cccc2c1OC(F)(F)O2. The highest BCUT2D eigenvalue weighted by molar-refractivity contribution is 5.91. The number of alkyl halides is 2. The van der Waals surface area contributed by atoms with E-state index >= 15 is 0 Å². The third-order valence-corrected chi connectivity index (χ3v) is 3.24. The lowest BCUT2D eigenvalue weighted by molar-refractivity contribution is -0.286. The van der Waals surface area contributed by atoms with Gasteiger partial charge < -0.3 is 24.7 Å². The summed E-state index contributed by atoms with van der Waals surface area (Å²) in [5, 5.41) is 12.7. The van der Waals surface area contributed by atoms with Gasteiger partial charge in [0.1, 0.15) is 6.33 Å². The molecule has 1 aliphatic rings. The number of rotatable bonds is 5. The van der Waals surface area contributed by atoms with E-state index in [4.69, 9.17) is 0 Å². The van der Waals surface area contributed by atoms with Gasteiger partial charge >= 0.3 is 12.3 Å². The van der Waals surface area contributed by atoms with Crippen molar-refractivity contribution in [1.82, 2.24) is 20.1 Å². The van der Waals surface area contributed by atoms with Crippen LogP contribution >= 0.6 is 0 Å². The van der Waals surface area contributed by atoms with Crippen LogP contribution in [-0.2, 0) is 13.1 Å². The van der Waals surface area contributed by atoms with Crippen LogP contribution in [0.15, 0.2) is 24.5 Å². The molecule has 0 fully saturated rings. The minimum absolute atomic E-state index is 0.0807. The van der Waals surface area contributed by atoms with Crippen LogP contribution in [0.2, 0.25) is 0 Å². The number of nitrogens with one attached hydrogen (secondary N) is 2. The Labute approximate surface area is 135 Å². The van der Waals surface area contributed by atoms with Crippen molar-refractivity contribution in [2.75, 3.05) is 5.32 Å². The molecule has 128 valence electrons. The highest BCUT2D eigenvalue weighted by Gasteiger charge is 2.44. The summed E-state index contributed by atoms with van der Waals surface area (Å²) in [5.74, 6) is 0.240. The number of hydrogen-bond donors (Lipinski definition) is 2. The van der Waals surface area contributed by atoms with Crippen LogP contribution in [0.3, 0.4) is 0 Å². The minimum Gasteiger partial charge on any atom is -0.395 e. The molecule has 2 N–H and O–H groups in total. The predicted octanol–water partition coefficient (Wildman–Crippen LogP) is 2.33. The van der Waals surface area contributed by atoms with Gasteiger partial charge in [-0.15, -0.1) is 19.0 Å².